The number of nitriles is 1. The third-order valence-electron chi connectivity index (χ3n) is 4.36. The summed E-state index contributed by atoms with van der Waals surface area (Å²) in [6, 6.07) is 18.0. The van der Waals surface area contributed by atoms with Crippen LogP contribution in [0.1, 0.15) is 11.1 Å². The quantitative estimate of drug-likeness (QED) is 0.622. The number of piperazine rings is 1. The van der Waals surface area contributed by atoms with E-state index in [2.05, 4.69) is 47.2 Å². The van der Waals surface area contributed by atoms with Crippen LogP contribution in [0.25, 0.3) is 11.6 Å². The van der Waals surface area contributed by atoms with Gasteiger partial charge in [0.05, 0.1) is 11.6 Å². The summed E-state index contributed by atoms with van der Waals surface area (Å²) in [5, 5.41) is 10.1. The van der Waals surface area contributed by atoms with Crippen molar-refractivity contribution in [3.8, 4) is 6.07 Å². The molecule has 0 spiro atoms. The molecule has 0 radical (unpaired) electrons. The Hall–Kier alpha value is -2.28. The first kappa shape index (κ1) is 16.6. The average Bonchev–Trinajstić information content (AvgIpc) is 2.62. The molecule has 3 nitrogen and oxygen atoms in total. The van der Waals surface area contributed by atoms with Gasteiger partial charge in [-0.3, -0.25) is 0 Å². The maximum atomic E-state index is 9.46. The summed E-state index contributed by atoms with van der Waals surface area (Å²) in [5.74, 6) is 0. The second kappa shape index (κ2) is 7.53. The molecule has 2 aromatic rings. The molecule has 0 saturated carbocycles. The lowest BCUT2D eigenvalue weighted by Crippen LogP contribution is -2.44. The van der Waals surface area contributed by atoms with Crippen LogP contribution in [0.4, 0.5) is 5.69 Å². The number of benzene rings is 2. The second-order valence-electron chi connectivity index (χ2n) is 6.03. The minimum Gasteiger partial charge on any atom is -0.369 e. The standard InChI is InChI=1S/C20H20ClN3/c1-23-10-12-24(13-11-23)18-8-6-16(7-9-18)14-17(15-22)19-4-2-3-5-20(19)21/h2-9,14H,10-13H2,1H3. The van der Waals surface area contributed by atoms with E-state index < -0.39 is 0 Å². The molecule has 2 aromatic carbocycles. The van der Waals surface area contributed by atoms with Crippen LogP contribution in [0, 0.1) is 11.3 Å². The predicted octanol–water partition coefficient (Wildman–Crippen LogP) is 4.16. The van der Waals surface area contributed by atoms with Crippen LogP contribution in [-0.2, 0) is 0 Å². The molecule has 1 heterocycles. The summed E-state index contributed by atoms with van der Waals surface area (Å²) < 4.78 is 0. The maximum absolute atomic E-state index is 9.46. The van der Waals surface area contributed by atoms with Crippen LogP contribution in [0.3, 0.4) is 0 Å². The predicted molar refractivity (Wildman–Crippen MR) is 101 cm³/mol. The highest BCUT2D eigenvalue weighted by atomic mass is 35.5. The molecule has 1 fully saturated rings. The number of halogens is 1. The van der Waals surface area contributed by atoms with E-state index in [1.807, 2.05) is 24.3 Å². The van der Waals surface area contributed by atoms with Gasteiger partial charge in [0.25, 0.3) is 0 Å². The Morgan fingerprint density at radius 2 is 1.71 bits per heavy atom. The van der Waals surface area contributed by atoms with Crippen LogP contribution in [-0.4, -0.2) is 38.1 Å². The molecule has 1 aliphatic heterocycles. The summed E-state index contributed by atoms with van der Waals surface area (Å²) in [6.07, 6.45) is 1.88. The van der Waals surface area contributed by atoms with Crippen LogP contribution in [0.2, 0.25) is 5.02 Å². The molecule has 0 aliphatic carbocycles. The third kappa shape index (κ3) is 3.79. The van der Waals surface area contributed by atoms with Crippen molar-refractivity contribution in [2.45, 2.75) is 0 Å². The SMILES string of the molecule is CN1CCN(c2ccc(C=C(C#N)c3ccccc3Cl)cc2)CC1. The van der Waals surface area contributed by atoms with E-state index in [0.29, 0.717) is 10.6 Å². The monoisotopic (exact) mass is 337 g/mol. The van der Waals surface area contributed by atoms with E-state index in [9.17, 15) is 5.26 Å². The summed E-state index contributed by atoms with van der Waals surface area (Å²) >= 11 is 6.20. The van der Waals surface area contributed by atoms with Crippen molar-refractivity contribution in [2.75, 3.05) is 38.1 Å². The van der Waals surface area contributed by atoms with Gasteiger partial charge in [-0.05, 0) is 36.9 Å². The van der Waals surface area contributed by atoms with E-state index >= 15 is 0 Å². The van der Waals surface area contributed by atoms with Gasteiger partial charge in [-0.2, -0.15) is 5.26 Å². The fourth-order valence-electron chi connectivity index (χ4n) is 2.86. The Kier molecular flexibility index (Phi) is 5.20. The van der Waals surface area contributed by atoms with Gasteiger partial charge in [0, 0.05) is 42.5 Å². The van der Waals surface area contributed by atoms with Gasteiger partial charge in [-0.25, -0.2) is 0 Å². The van der Waals surface area contributed by atoms with Gasteiger partial charge in [-0.15, -0.1) is 0 Å². The fraction of sp³-hybridized carbons (Fsp3) is 0.250. The van der Waals surface area contributed by atoms with Gasteiger partial charge in [-0.1, -0.05) is 41.9 Å². The Balaban J connectivity index is 1.80. The first-order valence-corrected chi connectivity index (χ1v) is 8.45. The largest absolute Gasteiger partial charge is 0.369 e. The topological polar surface area (TPSA) is 30.3 Å². The lowest BCUT2D eigenvalue weighted by atomic mass is 10.0. The summed E-state index contributed by atoms with van der Waals surface area (Å²) in [6.45, 7) is 4.28. The Morgan fingerprint density at radius 1 is 1.04 bits per heavy atom. The van der Waals surface area contributed by atoms with Crippen molar-refractivity contribution in [3.63, 3.8) is 0 Å². The first-order chi connectivity index (χ1) is 11.7. The molecular formula is C20H20ClN3. The number of hydrogen-bond acceptors (Lipinski definition) is 3. The zero-order chi connectivity index (χ0) is 16.9. The molecule has 122 valence electrons. The highest BCUT2D eigenvalue weighted by Gasteiger charge is 2.14. The molecule has 3 rings (SSSR count). The van der Waals surface area contributed by atoms with E-state index in [1.165, 1.54) is 5.69 Å². The number of rotatable bonds is 3. The van der Waals surface area contributed by atoms with Crippen LogP contribution < -0.4 is 4.90 Å². The van der Waals surface area contributed by atoms with Crippen molar-refractivity contribution >= 4 is 28.9 Å². The van der Waals surface area contributed by atoms with Crippen molar-refractivity contribution in [3.05, 3.63) is 64.7 Å². The molecule has 1 saturated heterocycles. The second-order valence-corrected chi connectivity index (χ2v) is 6.44. The molecule has 24 heavy (non-hydrogen) atoms. The van der Waals surface area contributed by atoms with E-state index in [-0.39, 0.29) is 0 Å². The molecule has 4 heteroatoms. The number of likely N-dealkylation sites (N-methyl/N-ethyl adjacent to an activating group) is 1. The Bertz CT molecular complexity index is 766. The Labute approximate surface area is 148 Å². The molecule has 1 aliphatic rings. The molecule has 0 atom stereocenters. The van der Waals surface area contributed by atoms with E-state index in [4.69, 9.17) is 11.6 Å². The normalized spacial score (nSPS) is 16.0. The molecule has 0 unspecified atom stereocenters. The lowest BCUT2D eigenvalue weighted by Gasteiger charge is -2.34. The van der Waals surface area contributed by atoms with Crippen LogP contribution in [0.5, 0.6) is 0 Å². The minimum atomic E-state index is 0.577. The highest BCUT2D eigenvalue weighted by molar-refractivity contribution is 6.32. The summed E-state index contributed by atoms with van der Waals surface area (Å²) in [4.78, 5) is 4.74. The van der Waals surface area contributed by atoms with Crippen LogP contribution in [0.15, 0.2) is 48.5 Å². The van der Waals surface area contributed by atoms with E-state index in [1.54, 1.807) is 6.07 Å². The number of hydrogen-bond donors (Lipinski definition) is 0. The smallest absolute Gasteiger partial charge is 0.0998 e. The first-order valence-electron chi connectivity index (χ1n) is 8.07. The van der Waals surface area contributed by atoms with Gasteiger partial charge in [0.2, 0.25) is 0 Å². The minimum absolute atomic E-state index is 0.577. The van der Waals surface area contributed by atoms with E-state index in [0.717, 1.165) is 37.3 Å². The molecule has 0 bridgehead atoms. The van der Waals surface area contributed by atoms with Gasteiger partial charge < -0.3 is 9.80 Å². The zero-order valence-corrected chi connectivity index (χ0v) is 14.5. The van der Waals surface area contributed by atoms with Crippen molar-refractivity contribution in [2.24, 2.45) is 0 Å². The van der Waals surface area contributed by atoms with Crippen molar-refractivity contribution < 1.29 is 0 Å². The fourth-order valence-corrected chi connectivity index (χ4v) is 3.10. The highest BCUT2D eigenvalue weighted by Crippen LogP contribution is 2.26. The third-order valence-corrected chi connectivity index (χ3v) is 4.69. The molecular weight excluding hydrogens is 318 g/mol. The Morgan fingerprint density at radius 3 is 2.33 bits per heavy atom. The van der Waals surface area contributed by atoms with Gasteiger partial charge >= 0.3 is 0 Å². The number of nitrogens with zero attached hydrogens (tertiary/aromatic N) is 3. The number of allylic oxidation sites excluding steroid dienone is 1. The van der Waals surface area contributed by atoms with Crippen LogP contribution >= 0.6 is 11.6 Å². The summed E-state index contributed by atoms with van der Waals surface area (Å²) in [5.41, 5.74) is 3.58. The van der Waals surface area contributed by atoms with Crippen molar-refractivity contribution in [1.82, 2.24) is 4.90 Å². The number of anilines is 1. The molecule has 0 aromatic heterocycles. The van der Waals surface area contributed by atoms with Crippen molar-refractivity contribution in [1.29, 1.82) is 5.26 Å². The lowest BCUT2D eigenvalue weighted by molar-refractivity contribution is 0.313. The average molecular weight is 338 g/mol. The maximum Gasteiger partial charge on any atom is 0.0998 e. The van der Waals surface area contributed by atoms with Gasteiger partial charge in [0.1, 0.15) is 0 Å². The molecule has 0 N–H and O–H groups in total. The summed E-state index contributed by atoms with van der Waals surface area (Å²) in [7, 11) is 2.16. The zero-order valence-electron chi connectivity index (χ0n) is 13.7. The molecule has 0 amide bonds. The van der Waals surface area contributed by atoms with Gasteiger partial charge in [0.15, 0.2) is 0 Å².